The molecule has 2 aromatic rings. The molecule has 7 heteroatoms. The van der Waals surface area contributed by atoms with Crippen LogP contribution in [0.5, 0.6) is 0 Å². The van der Waals surface area contributed by atoms with Crippen molar-refractivity contribution < 1.29 is 9.53 Å². The first kappa shape index (κ1) is 14.9. The Morgan fingerprint density at radius 2 is 2.36 bits per heavy atom. The Labute approximate surface area is 129 Å². The molecule has 1 fully saturated rings. The molecule has 1 atom stereocenters. The van der Waals surface area contributed by atoms with E-state index in [4.69, 9.17) is 4.74 Å². The van der Waals surface area contributed by atoms with Crippen LogP contribution in [0.2, 0.25) is 0 Å². The minimum Gasteiger partial charge on any atom is -0.376 e. The lowest BCUT2D eigenvalue weighted by molar-refractivity contribution is -0.121. The van der Waals surface area contributed by atoms with Crippen LogP contribution in [0.25, 0.3) is 5.78 Å². The number of fused-ring (bicyclic) bond motifs is 1. The molecule has 0 spiro atoms. The molecule has 1 amide bonds. The molecule has 2 aromatic heterocycles. The molecule has 0 radical (unpaired) electrons. The lowest BCUT2D eigenvalue weighted by Gasteiger charge is -2.12. The highest BCUT2D eigenvalue weighted by Gasteiger charge is 2.17. The van der Waals surface area contributed by atoms with Gasteiger partial charge in [0.15, 0.2) is 0 Å². The van der Waals surface area contributed by atoms with Crippen LogP contribution in [0, 0.1) is 13.8 Å². The van der Waals surface area contributed by atoms with Gasteiger partial charge in [0.05, 0.1) is 6.10 Å². The summed E-state index contributed by atoms with van der Waals surface area (Å²) in [6.45, 7) is 5.34. The van der Waals surface area contributed by atoms with E-state index in [1.54, 1.807) is 4.52 Å². The van der Waals surface area contributed by atoms with Gasteiger partial charge >= 0.3 is 0 Å². The highest BCUT2D eigenvalue weighted by molar-refractivity contribution is 5.76. The molecule has 0 bridgehead atoms. The van der Waals surface area contributed by atoms with E-state index in [0.29, 0.717) is 25.2 Å². The molecule has 0 aliphatic carbocycles. The topological polar surface area (TPSA) is 81.4 Å². The van der Waals surface area contributed by atoms with Crippen LogP contribution in [0.4, 0.5) is 0 Å². The number of ether oxygens (including phenoxy) is 1. The van der Waals surface area contributed by atoms with E-state index in [1.165, 1.54) is 6.33 Å². The predicted molar refractivity (Wildman–Crippen MR) is 80.6 cm³/mol. The van der Waals surface area contributed by atoms with Crippen LogP contribution in [0.15, 0.2) is 6.33 Å². The van der Waals surface area contributed by atoms with Crippen LogP contribution in [-0.2, 0) is 16.0 Å². The number of carbonyl (C=O) groups is 1. The average Bonchev–Trinajstić information content (AvgIpc) is 3.15. The summed E-state index contributed by atoms with van der Waals surface area (Å²) in [4.78, 5) is 20.5. The quantitative estimate of drug-likeness (QED) is 0.890. The van der Waals surface area contributed by atoms with E-state index in [0.717, 1.165) is 36.4 Å². The highest BCUT2D eigenvalue weighted by Crippen LogP contribution is 2.15. The second-order valence-corrected chi connectivity index (χ2v) is 5.67. The number of nitrogens with zero attached hydrogens (tertiary/aromatic N) is 4. The highest BCUT2D eigenvalue weighted by atomic mass is 16.5. The van der Waals surface area contributed by atoms with Crippen LogP contribution in [-0.4, -0.2) is 44.7 Å². The van der Waals surface area contributed by atoms with Gasteiger partial charge in [-0.25, -0.2) is 9.50 Å². The van der Waals surface area contributed by atoms with Crippen molar-refractivity contribution >= 4 is 11.7 Å². The lowest BCUT2D eigenvalue weighted by atomic mass is 10.1. The van der Waals surface area contributed by atoms with Gasteiger partial charge in [0.1, 0.15) is 6.33 Å². The number of hydrogen-bond acceptors (Lipinski definition) is 5. The fourth-order valence-corrected chi connectivity index (χ4v) is 2.88. The normalized spacial score (nSPS) is 18.0. The molecule has 3 rings (SSSR count). The molecule has 3 heterocycles. The maximum absolute atomic E-state index is 12.0. The minimum absolute atomic E-state index is 0.0491. The van der Waals surface area contributed by atoms with Gasteiger partial charge in [0.2, 0.25) is 5.91 Å². The summed E-state index contributed by atoms with van der Waals surface area (Å²) in [5.74, 6) is 0.648. The van der Waals surface area contributed by atoms with Crippen molar-refractivity contribution in [2.45, 2.75) is 45.6 Å². The maximum atomic E-state index is 12.0. The molecule has 118 valence electrons. The second kappa shape index (κ2) is 6.39. The minimum atomic E-state index is 0.0491. The Balaban J connectivity index is 1.59. The van der Waals surface area contributed by atoms with E-state index in [9.17, 15) is 4.79 Å². The molecule has 1 aliphatic rings. The number of aryl methyl sites for hydroxylation is 2. The van der Waals surface area contributed by atoms with Crippen LogP contribution < -0.4 is 5.32 Å². The molecule has 1 aliphatic heterocycles. The molecule has 0 aromatic carbocycles. The number of carbonyl (C=O) groups excluding carboxylic acids is 1. The van der Waals surface area contributed by atoms with Crippen molar-refractivity contribution in [3.63, 3.8) is 0 Å². The van der Waals surface area contributed by atoms with E-state index in [1.807, 2.05) is 13.8 Å². The van der Waals surface area contributed by atoms with Crippen LogP contribution in [0.1, 0.15) is 36.2 Å². The maximum Gasteiger partial charge on any atom is 0.252 e. The second-order valence-electron chi connectivity index (χ2n) is 5.67. The molecule has 7 nitrogen and oxygen atoms in total. The number of hydrogen-bond donors (Lipinski definition) is 1. The number of rotatable bonds is 5. The third kappa shape index (κ3) is 3.09. The summed E-state index contributed by atoms with van der Waals surface area (Å²) in [6, 6.07) is 0. The van der Waals surface area contributed by atoms with Crippen molar-refractivity contribution in [3.8, 4) is 0 Å². The summed E-state index contributed by atoms with van der Waals surface area (Å²) in [7, 11) is 0. The molecular formula is C15H21N5O2. The number of nitrogens with one attached hydrogen (secondary N) is 1. The van der Waals surface area contributed by atoms with Gasteiger partial charge in [-0.15, -0.1) is 0 Å². The van der Waals surface area contributed by atoms with Gasteiger partial charge in [-0.1, -0.05) is 0 Å². The zero-order valence-corrected chi connectivity index (χ0v) is 13.0. The zero-order chi connectivity index (χ0) is 15.5. The van der Waals surface area contributed by atoms with Gasteiger partial charge < -0.3 is 10.1 Å². The van der Waals surface area contributed by atoms with Gasteiger partial charge in [0, 0.05) is 31.0 Å². The zero-order valence-electron chi connectivity index (χ0n) is 13.0. The van der Waals surface area contributed by atoms with Gasteiger partial charge in [0.25, 0.3) is 5.78 Å². The molecule has 1 N–H and O–H groups in total. The Kier molecular flexibility index (Phi) is 4.33. The molecule has 1 saturated heterocycles. The third-order valence-electron chi connectivity index (χ3n) is 4.14. The summed E-state index contributed by atoms with van der Waals surface area (Å²) in [6.07, 6.45) is 4.88. The Hall–Kier alpha value is -2.02. The van der Waals surface area contributed by atoms with Crippen molar-refractivity contribution in [2.75, 3.05) is 13.2 Å². The molecule has 22 heavy (non-hydrogen) atoms. The smallest absolute Gasteiger partial charge is 0.252 e. The average molecular weight is 303 g/mol. The van der Waals surface area contributed by atoms with Gasteiger partial charge in [-0.2, -0.15) is 10.1 Å². The third-order valence-corrected chi connectivity index (χ3v) is 4.14. The standard InChI is InChI=1S/C15H21N5O2/c1-10-13(11(2)20-15(19-10)17-9-18-20)5-6-14(21)16-8-12-4-3-7-22-12/h9,12H,3-8H2,1-2H3,(H,16,21). The number of aromatic nitrogens is 4. The Bertz CT molecular complexity index is 676. The summed E-state index contributed by atoms with van der Waals surface area (Å²) >= 11 is 0. The van der Waals surface area contributed by atoms with E-state index in [2.05, 4.69) is 20.4 Å². The molecule has 0 saturated carbocycles. The van der Waals surface area contributed by atoms with Crippen molar-refractivity contribution in [3.05, 3.63) is 23.3 Å². The largest absolute Gasteiger partial charge is 0.376 e. The van der Waals surface area contributed by atoms with E-state index >= 15 is 0 Å². The van der Waals surface area contributed by atoms with Gasteiger partial charge in [-0.3, -0.25) is 4.79 Å². The Morgan fingerprint density at radius 3 is 3.14 bits per heavy atom. The van der Waals surface area contributed by atoms with E-state index in [-0.39, 0.29) is 12.0 Å². The van der Waals surface area contributed by atoms with Crippen LogP contribution >= 0.6 is 0 Å². The summed E-state index contributed by atoms with van der Waals surface area (Å²) < 4.78 is 7.22. The fourth-order valence-electron chi connectivity index (χ4n) is 2.88. The molecule has 1 unspecified atom stereocenters. The fraction of sp³-hybridized carbons (Fsp3) is 0.600. The first-order chi connectivity index (χ1) is 10.6. The number of amides is 1. The summed E-state index contributed by atoms with van der Waals surface area (Å²) in [5, 5.41) is 7.11. The van der Waals surface area contributed by atoms with E-state index < -0.39 is 0 Å². The summed E-state index contributed by atoms with van der Waals surface area (Å²) in [5.41, 5.74) is 2.96. The monoisotopic (exact) mass is 303 g/mol. The lowest BCUT2D eigenvalue weighted by Crippen LogP contribution is -2.32. The SMILES string of the molecule is Cc1nc2ncnn2c(C)c1CCC(=O)NCC1CCCO1. The molecular weight excluding hydrogens is 282 g/mol. The Morgan fingerprint density at radius 1 is 1.50 bits per heavy atom. The first-order valence-electron chi connectivity index (χ1n) is 7.69. The van der Waals surface area contributed by atoms with Crippen LogP contribution in [0.3, 0.4) is 0 Å². The van der Waals surface area contributed by atoms with Crippen molar-refractivity contribution in [1.29, 1.82) is 0 Å². The van der Waals surface area contributed by atoms with Gasteiger partial charge in [-0.05, 0) is 38.7 Å². The van der Waals surface area contributed by atoms with Crippen molar-refractivity contribution in [2.24, 2.45) is 0 Å². The van der Waals surface area contributed by atoms with Crippen molar-refractivity contribution in [1.82, 2.24) is 24.9 Å². The first-order valence-corrected chi connectivity index (χ1v) is 7.69. The predicted octanol–water partition coefficient (Wildman–Crippen LogP) is 0.969.